The Labute approximate surface area is 109 Å². The maximum Gasteiger partial charge on any atom is 4.00 e. The van der Waals surface area contributed by atoms with Gasteiger partial charge in [-0.2, -0.15) is 6.08 Å². The van der Waals surface area contributed by atoms with Crippen molar-refractivity contribution in [3.8, 4) is 0 Å². The maximum atomic E-state index is 2.99. The first-order valence-electron chi connectivity index (χ1n) is 3.06. The van der Waals surface area contributed by atoms with Crippen molar-refractivity contribution in [3.63, 3.8) is 0 Å². The third kappa shape index (κ3) is 43.5. The fourth-order valence-electron chi connectivity index (χ4n) is 0.340. The average molecular weight is 278 g/mol. The van der Waals surface area contributed by atoms with Crippen molar-refractivity contribution >= 4 is 7.92 Å². The van der Waals surface area contributed by atoms with Crippen LogP contribution in [0.5, 0.6) is 0 Å². The smallest absolute Gasteiger partial charge is 1.00 e. The Hall–Kier alpha value is 1.07. The Morgan fingerprint density at radius 1 is 1.15 bits per heavy atom. The van der Waals surface area contributed by atoms with Crippen molar-refractivity contribution in [2.75, 3.05) is 20.0 Å². The molecule has 0 nitrogen and oxygen atoms in total. The van der Waals surface area contributed by atoms with Crippen LogP contribution in [0.2, 0.25) is 0 Å². The number of halogens is 2. The van der Waals surface area contributed by atoms with Gasteiger partial charge in [-0.15, -0.1) is 14.3 Å². The van der Waals surface area contributed by atoms with Crippen LogP contribution in [0.15, 0.2) is 18.2 Å². The molecule has 1 radical (unpaired) electrons. The van der Waals surface area contributed by atoms with Crippen molar-refractivity contribution in [1.29, 1.82) is 0 Å². The molecule has 4 heteroatoms. The second kappa shape index (κ2) is 23.1. The summed E-state index contributed by atoms with van der Waals surface area (Å²) >= 11 is 0. The minimum Gasteiger partial charge on any atom is -1.00 e. The summed E-state index contributed by atoms with van der Waals surface area (Å²) < 4.78 is 0. The standard InChI is InChI=1S/C5H5.C3H9P.CH3.2ClH.V/c1-2-4-5-3-1;1-4(2)3;;;;/h1-3H,4H2;1-3H3;1H3;2*1H;/q-1;;-1;;;+4/p-2. The van der Waals surface area contributed by atoms with E-state index in [1.54, 1.807) is 0 Å². The van der Waals surface area contributed by atoms with Crippen LogP contribution in [0.1, 0.15) is 6.42 Å². The summed E-state index contributed by atoms with van der Waals surface area (Å²) in [4.78, 5) is 0. The topological polar surface area (TPSA) is 0 Å². The van der Waals surface area contributed by atoms with E-state index in [2.05, 4.69) is 32.1 Å². The summed E-state index contributed by atoms with van der Waals surface area (Å²) in [6, 6.07) is 0. The SMILES string of the molecule is CP(C)C.[C-]1=CC=CC1.[CH3-].[Cl-].[Cl-].[V+4]. The van der Waals surface area contributed by atoms with E-state index in [1.165, 1.54) is 0 Å². The van der Waals surface area contributed by atoms with E-state index in [0.717, 1.165) is 6.42 Å². The van der Waals surface area contributed by atoms with Gasteiger partial charge in [0.05, 0.1) is 0 Å². The Morgan fingerprint density at radius 3 is 1.62 bits per heavy atom. The van der Waals surface area contributed by atoms with Crippen molar-refractivity contribution in [2.45, 2.75) is 6.42 Å². The molecule has 0 heterocycles. The number of allylic oxidation sites excluding steroid dienone is 4. The van der Waals surface area contributed by atoms with Crippen LogP contribution in [0.3, 0.4) is 0 Å². The molecule has 0 amide bonds. The molecule has 1 rings (SSSR count). The van der Waals surface area contributed by atoms with Gasteiger partial charge in [-0.3, -0.25) is 6.08 Å². The first-order valence-corrected chi connectivity index (χ1v) is 5.74. The van der Waals surface area contributed by atoms with E-state index < -0.39 is 0 Å². The van der Waals surface area contributed by atoms with Crippen molar-refractivity contribution < 1.29 is 43.4 Å². The second-order valence-electron chi connectivity index (χ2n) is 2.34. The molecule has 0 aromatic carbocycles. The largest absolute Gasteiger partial charge is 4.00 e. The molecule has 0 atom stereocenters. The average Bonchev–Trinajstić information content (AvgIpc) is 2.11. The molecule has 1 aliphatic carbocycles. The molecule has 0 aromatic heterocycles. The van der Waals surface area contributed by atoms with Crippen molar-refractivity contribution in [2.24, 2.45) is 0 Å². The van der Waals surface area contributed by atoms with E-state index in [1.807, 2.05) is 12.2 Å². The fraction of sp³-hybridized carbons (Fsp3) is 0.444. The van der Waals surface area contributed by atoms with Gasteiger partial charge in [0.2, 0.25) is 0 Å². The number of hydrogen-bond acceptors (Lipinski definition) is 0. The Kier molecular flexibility index (Phi) is 52.0. The van der Waals surface area contributed by atoms with Crippen LogP contribution < -0.4 is 24.8 Å². The number of hydrogen-bond donors (Lipinski definition) is 0. The number of rotatable bonds is 0. The second-order valence-corrected chi connectivity index (χ2v) is 5.03. The molecule has 77 valence electrons. The molecule has 0 saturated heterocycles. The van der Waals surface area contributed by atoms with Crippen molar-refractivity contribution in [1.82, 2.24) is 0 Å². The normalized spacial score (nSPS) is 9.54. The monoisotopic (exact) mass is 277 g/mol. The summed E-state index contributed by atoms with van der Waals surface area (Å²) in [6.45, 7) is 6.69. The summed E-state index contributed by atoms with van der Waals surface area (Å²) in [5.41, 5.74) is 0. The zero-order valence-electron chi connectivity index (χ0n) is 8.59. The van der Waals surface area contributed by atoms with E-state index in [-0.39, 0.29) is 50.8 Å². The molecule has 13 heavy (non-hydrogen) atoms. The van der Waals surface area contributed by atoms with Gasteiger partial charge in [-0.05, 0) is 20.0 Å². The van der Waals surface area contributed by atoms with E-state index >= 15 is 0 Å². The van der Waals surface area contributed by atoms with Gasteiger partial charge in [0.25, 0.3) is 0 Å². The Morgan fingerprint density at radius 2 is 1.54 bits per heavy atom. The van der Waals surface area contributed by atoms with Gasteiger partial charge in [-0.25, -0.2) is 12.2 Å². The van der Waals surface area contributed by atoms with E-state index in [4.69, 9.17) is 0 Å². The van der Waals surface area contributed by atoms with Gasteiger partial charge >= 0.3 is 18.6 Å². The summed E-state index contributed by atoms with van der Waals surface area (Å²) in [6.07, 6.45) is 10.0. The molecule has 0 N–H and O–H groups in total. The van der Waals surface area contributed by atoms with Gasteiger partial charge in [0.1, 0.15) is 0 Å². The van der Waals surface area contributed by atoms with Crippen LogP contribution in [0.25, 0.3) is 0 Å². The zero-order chi connectivity index (χ0) is 7.11. The van der Waals surface area contributed by atoms with Gasteiger partial charge in [-0.1, -0.05) is 0 Å². The quantitative estimate of drug-likeness (QED) is 0.330. The summed E-state index contributed by atoms with van der Waals surface area (Å²) in [5, 5.41) is 0. The Bertz CT molecular complexity index is 101. The zero-order valence-corrected chi connectivity index (χ0v) is 12.4. The molecule has 0 fully saturated rings. The molecule has 0 bridgehead atoms. The molecular formula is C9H17Cl2PV. The van der Waals surface area contributed by atoms with Crippen LogP contribution in [0.4, 0.5) is 0 Å². The molecule has 0 saturated carbocycles. The van der Waals surface area contributed by atoms with Crippen LogP contribution in [-0.4, -0.2) is 20.0 Å². The third-order valence-electron chi connectivity index (χ3n) is 0.586. The maximum absolute atomic E-state index is 2.99. The van der Waals surface area contributed by atoms with Crippen LogP contribution in [0, 0.1) is 13.5 Å². The van der Waals surface area contributed by atoms with E-state index in [0.29, 0.717) is 7.92 Å². The predicted octanol–water partition coefficient (Wildman–Crippen LogP) is -2.88. The molecule has 0 spiro atoms. The molecule has 0 aliphatic heterocycles. The summed E-state index contributed by atoms with van der Waals surface area (Å²) in [7, 11) is 0.380. The van der Waals surface area contributed by atoms with Crippen molar-refractivity contribution in [3.05, 3.63) is 31.7 Å². The molecule has 0 aromatic rings. The molecule has 0 unspecified atom stereocenters. The fourth-order valence-corrected chi connectivity index (χ4v) is 0.340. The summed E-state index contributed by atoms with van der Waals surface area (Å²) in [5.74, 6) is 0. The molecule has 1 aliphatic rings. The van der Waals surface area contributed by atoms with Gasteiger partial charge < -0.3 is 32.2 Å². The minimum absolute atomic E-state index is 0. The van der Waals surface area contributed by atoms with Crippen LogP contribution >= 0.6 is 7.92 Å². The predicted molar refractivity (Wildman–Crippen MR) is 52.7 cm³/mol. The van der Waals surface area contributed by atoms with Crippen LogP contribution in [-0.2, 0) is 18.6 Å². The van der Waals surface area contributed by atoms with Gasteiger partial charge in [0.15, 0.2) is 0 Å². The Balaban J connectivity index is -0.0000000256. The van der Waals surface area contributed by atoms with E-state index in [9.17, 15) is 0 Å². The minimum atomic E-state index is 0. The third-order valence-corrected chi connectivity index (χ3v) is 0.586. The first kappa shape index (κ1) is 29.2. The van der Waals surface area contributed by atoms with Gasteiger partial charge in [0, 0.05) is 0 Å². The first-order chi connectivity index (χ1) is 4.23. The molecular weight excluding hydrogens is 261 g/mol.